The lowest BCUT2D eigenvalue weighted by atomic mass is 9.92. The molecule has 2 fully saturated rings. The lowest BCUT2D eigenvalue weighted by Gasteiger charge is -2.41. The van der Waals surface area contributed by atoms with Crippen LogP contribution in [0.2, 0.25) is 0 Å². The maximum atomic E-state index is 14.7. The van der Waals surface area contributed by atoms with Crippen molar-refractivity contribution in [3.8, 4) is 5.69 Å². The highest BCUT2D eigenvalue weighted by molar-refractivity contribution is 5.94. The zero-order chi connectivity index (χ0) is 27.1. The Hall–Kier alpha value is -2.89. The third kappa shape index (κ3) is 6.39. The number of unbranched alkanes of at least 4 members (excludes halogenated alkanes) is 1. The zero-order valence-electron chi connectivity index (χ0n) is 22.6. The van der Waals surface area contributed by atoms with Gasteiger partial charge in [-0.2, -0.15) is 0 Å². The van der Waals surface area contributed by atoms with Gasteiger partial charge in [-0.3, -0.25) is 9.59 Å². The van der Waals surface area contributed by atoms with Crippen LogP contribution < -0.4 is 5.32 Å². The van der Waals surface area contributed by atoms with Crippen molar-refractivity contribution < 1.29 is 23.5 Å². The first-order chi connectivity index (χ1) is 18.4. The van der Waals surface area contributed by atoms with E-state index >= 15 is 0 Å². The first kappa shape index (κ1) is 28.1. The number of morpholine rings is 1. The van der Waals surface area contributed by atoms with E-state index in [-0.39, 0.29) is 41.2 Å². The number of hydrogen-bond acceptors (Lipinski definition) is 7. The van der Waals surface area contributed by atoms with E-state index in [1.165, 1.54) is 10.7 Å². The summed E-state index contributed by atoms with van der Waals surface area (Å²) < 4.78 is 26.7. The van der Waals surface area contributed by atoms with Gasteiger partial charge in [-0.05, 0) is 51.7 Å². The highest BCUT2D eigenvalue weighted by atomic mass is 19.1. The van der Waals surface area contributed by atoms with Crippen LogP contribution in [0.3, 0.4) is 0 Å². The number of carbonyl (C=O) groups is 2. The fourth-order valence-corrected chi connectivity index (χ4v) is 5.35. The SMILES string of the molecule is COCCCCc1c(C(=O)N(C(C)C)[C@@H]2CNC[C@H](C(=O)N3CCOCC3)C2)nnn1-c1ccccc1F. The third-order valence-corrected chi connectivity index (χ3v) is 7.24. The number of nitrogens with zero attached hydrogens (tertiary/aromatic N) is 5. The summed E-state index contributed by atoms with van der Waals surface area (Å²) in [4.78, 5) is 30.9. The number of aromatic nitrogens is 3. The average molecular weight is 531 g/mol. The van der Waals surface area contributed by atoms with E-state index in [9.17, 15) is 14.0 Å². The number of para-hydroxylation sites is 1. The van der Waals surface area contributed by atoms with Crippen molar-refractivity contribution >= 4 is 11.8 Å². The standard InChI is InChI=1S/C27H39FN6O4/c1-19(2)33(21-16-20(17-29-18-21)26(35)32-11-14-38-15-12-32)27(36)25-24(10-6-7-13-37-3)34(31-30-25)23-9-5-4-8-22(23)28/h4-5,8-9,19-21,29H,6-7,10-18H2,1-3H3/t20-,21+/m1/s1. The molecule has 10 nitrogen and oxygen atoms in total. The molecule has 2 aliphatic rings. The average Bonchev–Trinajstić information content (AvgIpc) is 3.35. The van der Waals surface area contributed by atoms with Crippen molar-refractivity contribution in [1.29, 1.82) is 0 Å². The molecule has 208 valence electrons. The van der Waals surface area contributed by atoms with Crippen LogP contribution in [0.15, 0.2) is 24.3 Å². The van der Waals surface area contributed by atoms with Crippen molar-refractivity contribution in [3.63, 3.8) is 0 Å². The number of benzene rings is 1. The minimum atomic E-state index is -0.434. The molecule has 11 heteroatoms. The molecule has 38 heavy (non-hydrogen) atoms. The van der Waals surface area contributed by atoms with E-state index in [4.69, 9.17) is 9.47 Å². The predicted molar refractivity (Wildman–Crippen MR) is 140 cm³/mol. The minimum Gasteiger partial charge on any atom is -0.385 e. The molecule has 1 aromatic carbocycles. The molecule has 0 radical (unpaired) electrons. The van der Waals surface area contributed by atoms with Crippen LogP contribution in [-0.4, -0.2) is 102 Å². The topological polar surface area (TPSA) is 102 Å². The summed E-state index contributed by atoms with van der Waals surface area (Å²) in [6.07, 6.45) is 2.59. The predicted octanol–water partition coefficient (Wildman–Crippen LogP) is 2.06. The Labute approximate surface area is 223 Å². The molecule has 1 aromatic heterocycles. The minimum absolute atomic E-state index is 0.103. The Kier molecular flexibility index (Phi) is 9.81. The first-order valence-electron chi connectivity index (χ1n) is 13.5. The summed E-state index contributed by atoms with van der Waals surface area (Å²) >= 11 is 0. The molecule has 2 saturated heterocycles. The molecule has 0 aliphatic carbocycles. The zero-order valence-corrected chi connectivity index (χ0v) is 22.6. The fourth-order valence-electron chi connectivity index (χ4n) is 5.35. The molecule has 2 atom stereocenters. The molecule has 2 aromatic rings. The molecule has 4 rings (SSSR count). The van der Waals surface area contributed by atoms with Gasteiger partial charge in [0.1, 0.15) is 11.5 Å². The summed E-state index contributed by atoms with van der Waals surface area (Å²) in [6.45, 7) is 7.98. The monoisotopic (exact) mass is 530 g/mol. The van der Waals surface area contributed by atoms with Crippen LogP contribution in [0.1, 0.15) is 49.3 Å². The van der Waals surface area contributed by atoms with E-state index < -0.39 is 5.82 Å². The van der Waals surface area contributed by atoms with Gasteiger partial charge in [-0.1, -0.05) is 17.3 Å². The number of rotatable bonds is 10. The second kappa shape index (κ2) is 13.3. The van der Waals surface area contributed by atoms with Gasteiger partial charge in [0.05, 0.1) is 24.8 Å². The first-order valence-corrected chi connectivity index (χ1v) is 13.5. The van der Waals surface area contributed by atoms with Gasteiger partial charge in [0.15, 0.2) is 5.69 Å². The maximum Gasteiger partial charge on any atom is 0.276 e. The Morgan fingerprint density at radius 3 is 2.68 bits per heavy atom. The molecule has 0 bridgehead atoms. The quantitative estimate of drug-likeness (QED) is 0.469. The Morgan fingerprint density at radius 2 is 1.97 bits per heavy atom. The smallest absolute Gasteiger partial charge is 0.276 e. The molecule has 1 N–H and O–H groups in total. The summed E-state index contributed by atoms with van der Waals surface area (Å²) in [5.41, 5.74) is 1.06. The van der Waals surface area contributed by atoms with Crippen molar-refractivity contribution in [3.05, 3.63) is 41.5 Å². The Morgan fingerprint density at radius 1 is 1.21 bits per heavy atom. The molecule has 2 aliphatic heterocycles. The van der Waals surface area contributed by atoms with Crippen LogP contribution in [0, 0.1) is 11.7 Å². The second-order valence-corrected chi connectivity index (χ2v) is 10.2. The lowest BCUT2D eigenvalue weighted by molar-refractivity contribution is -0.140. The largest absolute Gasteiger partial charge is 0.385 e. The van der Waals surface area contributed by atoms with E-state index in [1.807, 2.05) is 18.7 Å². The molecular weight excluding hydrogens is 491 g/mol. The highest BCUT2D eigenvalue weighted by Crippen LogP contribution is 2.25. The van der Waals surface area contributed by atoms with Gasteiger partial charge < -0.3 is 24.6 Å². The number of piperidine rings is 1. The van der Waals surface area contributed by atoms with E-state index in [0.29, 0.717) is 64.5 Å². The lowest BCUT2D eigenvalue weighted by Crippen LogP contribution is -2.57. The molecular formula is C27H39FN6O4. The molecule has 0 unspecified atom stereocenters. The molecule has 2 amide bonds. The summed E-state index contributed by atoms with van der Waals surface area (Å²) in [7, 11) is 1.65. The van der Waals surface area contributed by atoms with E-state index in [0.717, 1.165) is 12.8 Å². The number of carbonyl (C=O) groups excluding carboxylic acids is 2. The van der Waals surface area contributed by atoms with Crippen LogP contribution in [0.4, 0.5) is 4.39 Å². The third-order valence-electron chi connectivity index (χ3n) is 7.24. The summed E-state index contributed by atoms with van der Waals surface area (Å²) in [5.74, 6) is -0.804. The molecule has 0 spiro atoms. The number of ether oxygens (including phenoxy) is 2. The van der Waals surface area contributed by atoms with Crippen molar-refractivity contribution in [2.75, 3.05) is 53.1 Å². The number of nitrogens with one attached hydrogen (secondary N) is 1. The van der Waals surface area contributed by atoms with Gasteiger partial charge >= 0.3 is 0 Å². The Balaban J connectivity index is 1.59. The maximum absolute atomic E-state index is 14.7. The van der Waals surface area contributed by atoms with Gasteiger partial charge in [0.2, 0.25) is 5.91 Å². The van der Waals surface area contributed by atoms with Gasteiger partial charge in [0, 0.05) is 52.0 Å². The normalized spacial score (nSPS) is 20.1. The summed E-state index contributed by atoms with van der Waals surface area (Å²) in [6, 6.07) is 6.02. The van der Waals surface area contributed by atoms with Crippen LogP contribution in [0.25, 0.3) is 5.69 Å². The van der Waals surface area contributed by atoms with Crippen molar-refractivity contribution in [1.82, 2.24) is 30.1 Å². The van der Waals surface area contributed by atoms with Gasteiger partial charge in [0.25, 0.3) is 5.91 Å². The molecule has 0 saturated carbocycles. The number of methoxy groups -OCH3 is 1. The van der Waals surface area contributed by atoms with Crippen molar-refractivity contribution in [2.24, 2.45) is 5.92 Å². The van der Waals surface area contributed by atoms with Crippen LogP contribution in [-0.2, 0) is 20.7 Å². The van der Waals surface area contributed by atoms with E-state index in [2.05, 4.69) is 15.6 Å². The fraction of sp³-hybridized carbons (Fsp3) is 0.630. The molecule has 3 heterocycles. The number of halogens is 1. The van der Waals surface area contributed by atoms with Gasteiger partial charge in [-0.15, -0.1) is 5.10 Å². The van der Waals surface area contributed by atoms with Gasteiger partial charge in [-0.25, -0.2) is 9.07 Å². The Bertz CT molecular complexity index is 1090. The number of hydrogen-bond donors (Lipinski definition) is 1. The van der Waals surface area contributed by atoms with Crippen LogP contribution in [0.5, 0.6) is 0 Å². The van der Waals surface area contributed by atoms with Crippen molar-refractivity contribution in [2.45, 2.75) is 51.6 Å². The van der Waals surface area contributed by atoms with E-state index in [1.54, 1.807) is 30.2 Å². The number of amides is 2. The van der Waals surface area contributed by atoms with Crippen LogP contribution >= 0.6 is 0 Å². The highest BCUT2D eigenvalue weighted by Gasteiger charge is 2.38. The second-order valence-electron chi connectivity index (χ2n) is 10.2. The summed E-state index contributed by atoms with van der Waals surface area (Å²) in [5, 5.41) is 11.9.